The number of hydrogen-bond donors (Lipinski definition) is 2. The Morgan fingerprint density at radius 2 is 1.96 bits per heavy atom. The van der Waals surface area contributed by atoms with Crippen LogP contribution in [0, 0.1) is 5.92 Å². The molecule has 0 heterocycles. The Morgan fingerprint density at radius 3 is 2.65 bits per heavy atom. The molecule has 0 spiro atoms. The van der Waals surface area contributed by atoms with Crippen molar-refractivity contribution in [3.05, 3.63) is 29.8 Å². The summed E-state index contributed by atoms with van der Waals surface area (Å²) in [5, 5.41) is 2.73. The van der Waals surface area contributed by atoms with Gasteiger partial charge in [-0.3, -0.25) is 4.79 Å². The topological polar surface area (TPSA) is 75.3 Å². The van der Waals surface area contributed by atoms with Gasteiger partial charge in [0.25, 0.3) is 0 Å². The summed E-state index contributed by atoms with van der Waals surface area (Å²) in [6.45, 7) is 1.83. The summed E-state index contributed by atoms with van der Waals surface area (Å²) in [7, 11) is -3.39. The molecule has 1 aliphatic carbocycles. The van der Waals surface area contributed by atoms with Crippen molar-refractivity contribution >= 4 is 21.6 Å². The molecule has 0 aliphatic heterocycles. The summed E-state index contributed by atoms with van der Waals surface area (Å²) in [5.41, 5.74) is 1.82. The minimum Gasteiger partial charge on any atom is -0.325 e. The molecule has 1 aliphatic rings. The van der Waals surface area contributed by atoms with Crippen LogP contribution < -0.4 is 10.0 Å². The van der Waals surface area contributed by atoms with Gasteiger partial charge in [-0.2, -0.15) is 0 Å². The SMILES string of the molecule is CCc1cccc(NC(=O)CNS(=O)(=O)CC2CCCCC2)c1. The maximum atomic E-state index is 12.1. The summed E-state index contributed by atoms with van der Waals surface area (Å²) < 4.78 is 26.5. The number of benzene rings is 1. The van der Waals surface area contributed by atoms with Gasteiger partial charge in [0.15, 0.2) is 0 Å². The molecule has 23 heavy (non-hydrogen) atoms. The van der Waals surface area contributed by atoms with Crippen LogP contribution in [0.25, 0.3) is 0 Å². The predicted octanol–water partition coefficient (Wildman–Crippen LogP) is 2.69. The molecule has 1 saturated carbocycles. The highest BCUT2D eigenvalue weighted by Crippen LogP contribution is 2.24. The normalized spacial score (nSPS) is 16.2. The Balaban J connectivity index is 1.80. The van der Waals surface area contributed by atoms with E-state index in [2.05, 4.69) is 10.0 Å². The van der Waals surface area contributed by atoms with E-state index in [9.17, 15) is 13.2 Å². The smallest absolute Gasteiger partial charge is 0.239 e. The zero-order chi connectivity index (χ0) is 16.7. The van der Waals surface area contributed by atoms with Crippen LogP contribution in [0.3, 0.4) is 0 Å². The van der Waals surface area contributed by atoms with Crippen LogP contribution in [0.5, 0.6) is 0 Å². The molecule has 0 atom stereocenters. The standard InChI is InChI=1S/C17H26N2O3S/c1-2-14-9-6-10-16(11-14)19-17(20)12-18-23(21,22)13-15-7-4-3-5-8-15/h6,9-11,15,18H,2-5,7-8,12-13H2,1H3,(H,19,20). The van der Waals surface area contributed by atoms with E-state index in [0.29, 0.717) is 5.69 Å². The summed E-state index contributed by atoms with van der Waals surface area (Å²) in [6.07, 6.45) is 6.23. The molecule has 0 aromatic heterocycles. The highest BCUT2D eigenvalue weighted by atomic mass is 32.2. The third-order valence-corrected chi connectivity index (χ3v) is 5.75. The van der Waals surface area contributed by atoms with Crippen molar-refractivity contribution in [2.75, 3.05) is 17.6 Å². The molecule has 1 aromatic carbocycles. The van der Waals surface area contributed by atoms with Crippen LogP contribution in [-0.4, -0.2) is 26.6 Å². The number of amides is 1. The molecule has 6 heteroatoms. The maximum Gasteiger partial charge on any atom is 0.239 e. The number of sulfonamides is 1. The first-order chi connectivity index (χ1) is 11.0. The molecule has 2 rings (SSSR count). The maximum absolute atomic E-state index is 12.1. The van der Waals surface area contributed by atoms with Crippen LogP contribution in [-0.2, 0) is 21.2 Å². The minimum atomic E-state index is -3.39. The van der Waals surface area contributed by atoms with Crippen LogP contribution in [0.15, 0.2) is 24.3 Å². The van der Waals surface area contributed by atoms with E-state index >= 15 is 0 Å². The van der Waals surface area contributed by atoms with Crippen molar-refractivity contribution in [2.45, 2.75) is 45.4 Å². The van der Waals surface area contributed by atoms with Crippen LogP contribution in [0.1, 0.15) is 44.6 Å². The van der Waals surface area contributed by atoms with Gasteiger partial charge < -0.3 is 5.32 Å². The Labute approximate surface area is 138 Å². The van der Waals surface area contributed by atoms with Crippen LogP contribution >= 0.6 is 0 Å². The van der Waals surface area contributed by atoms with Crippen molar-refractivity contribution in [1.29, 1.82) is 0 Å². The fourth-order valence-electron chi connectivity index (χ4n) is 2.97. The lowest BCUT2D eigenvalue weighted by molar-refractivity contribution is -0.115. The van der Waals surface area contributed by atoms with Gasteiger partial charge in [0.2, 0.25) is 15.9 Å². The van der Waals surface area contributed by atoms with E-state index in [1.807, 2.05) is 25.1 Å². The van der Waals surface area contributed by atoms with E-state index in [-0.39, 0.29) is 24.1 Å². The number of anilines is 1. The van der Waals surface area contributed by atoms with Gasteiger partial charge in [0.1, 0.15) is 0 Å². The molecule has 2 N–H and O–H groups in total. The molecule has 128 valence electrons. The second-order valence-corrected chi connectivity index (χ2v) is 8.06. The number of carbonyl (C=O) groups is 1. The molecular formula is C17H26N2O3S. The summed E-state index contributed by atoms with van der Waals surface area (Å²) in [4.78, 5) is 11.9. The Hall–Kier alpha value is -1.40. The Bertz CT molecular complexity index is 622. The second-order valence-electron chi connectivity index (χ2n) is 6.21. The Kier molecular flexibility index (Phi) is 6.59. The van der Waals surface area contributed by atoms with Crippen molar-refractivity contribution in [3.63, 3.8) is 0 Å². The molecule has 0 bridgehead atoms. The lowest BCUT2D eigenvalue weighted by Crippen LogP contribution is -2.36. The van der Waals surface area contributed by atoms with E-state index in [0.717, 1.165) is 37.7 Å². The molecule has 1 amide bonds. The molecule has 1 fully saturated rings. The first kappa shape index (κ1) is 17.9. The zero-order valence-corrected chi connectivity index (χ0v) is 14.5. The number of nitrogens with one attached hydrogen (secondary N) is 2. The van der Waals surface area contributed by atoms with Crippen molar-refractivity contribution in [2.24, 2.45) is 5.92 Å². The van der Waals surface area contributed by atoms with Gasteiger partial charge in [-0.1, -0.05) is 38.3 Å². The van der Waals surface area contributed by atoms with Crippen LogP contribution in [0.4, 0.5) is 5.69 Å². The average Bonchev–Trinajstić information content (AvgIpc) is 2.54. The quantitative estimate of drug-likeness (QED) is 0.802. The van der Waals surface area contributed by atoms with Crippen molar-refractivity contribution in [1.82, 2.24) is 4.72 Å². The molecular weight excluding hydrogens is 312 g/mol. The van der Waals surface area contributed by atoms with E-state index in [1.54, 1.807) is 6.07 Å². The van der Waals surface area contributed by atoms with Gasteiger partial charge in [0.05, 0.1) is 12.3 Å². The summed E-state index contributed by atoms with van der Waals surface area (Å²) >= 11 is 0. The first-order valence-electron chi connectivity index (χ1n) is 8.34. The largest absolute Gasteiger partial charge is 0.325 e. The first-order valence-corrected chi connectivity index (χ1v) is 10.00. The number of aryl methyl sites for hydroxylation is 1. The third kappa shape index (κ3) is 6.31. The minimum absolute atomic E-state index is 0.131. The monoisotopic (exact) mass is 338 g/mol. The average molecular weight is 338 g/mol. The van der Waals surface area contributed by atoms with E-state index in [4.69, 9.17) is 0 Å². The molecule has 0 unspecified atom stereocenters. The van der Waals surface area contributed by atoms with Gasteiger partial charge in [-0.25, -0.2) is 13.1 Å². The molecule has 0 saturated heterocycles. The summed E-state index contributed by atoms with van der Waals surface area (Å²) in [6, 6.07) is 7.56. The van der Waals surface area contributed by atoms with Crippen LogP contribution in [0.2, 0.25) is 0 Å². The molecule has 1 aromatic rings. The highest BCUT2D eigenvalue weighted by Gasteiger charge is 2.21. The lowest BCUT2D eigenvalue weighted by Gasteiger charge is -2.21. The zero-order valence-electron chi connectivity index (χ0n) is 13.7. The second kappa shape index (κ2) is 8.45. The fourth-order valence-corrected chi connectivity index (χ4v) is 4.40. The van der Waals surface area contributed by atoms with Gasteiger partial charge >= 0.3 is 0 Å². The van der Waals surface area contributed by atoms with Crippen molar-refractivity contribution in [3.8, 4) is 0 Å². The Morgan fingerprint density at radius 1 is 1.22 bits per heavy atom. The molecule has 0 radical (unpaired) electrons. The van der Waals surface area contributed by atoms with Gasteiger partial charge in [-0.15, -0.1) is 0 Å². The highest BCUT2D eigenvalue weighted by molar-refractivity contribution is 7.89. The molecule has 5 nitrogen and oxygen atoms in total. The number of hydrogen-bond acceptors (Lipinski definition) is 3. The van der Waals surface area contributed by atoms with Gasteiger partial charge in [0, 0.05) is 5.69 Å². The fraction of sp³-hybridized carbons (Fsp3) is 0.588. The van der Waals surface area contributed by atoms with Gasteiger partial charge in [-0.05, 0) is 42.9 Å². The van der Waals surface area contributed by atoms with E-state index in [1.165, 1.54) is 6.42 Å². The predicted molar refractivity (Wildman–Crippen MR) is 92.8 cm³/mol. The lowest BCUT2D eigenvalue weighted by atomic mass is 9.91. The van der Waals surface area contributed by atoms with Crippen molar-refractivity contribution < 1.29 is 13.2 Å². The number of rotatable bonds is 7. The summed E-state index contributed by atoms with van der Waals surface area (Å²) in [5.74, 6) is 0.0158. The number of carbonyl (C=O) groups excluding carboxylic acids is 1. The van der Waals surface area contributed by atoms with E-state index < -0.39 is 10.0 Å². The third-order valence-electron chi connectivity index (χ3n) is 4.25.